The lowest BCUT2D eigenvalue weighted by atomic mass is 10.1. The van der Waals surface area contributed by atoms with Crippen LogP contribution in [0.3, 0.4) is 0 Å². The van der Waals surface area contributed by atoms with E-state index in [1.165, 1.54) is 0 Å². The molecule has 26 heavy (non-hydrogen) atoms. The summed E-state index contributed by atoms with van der Waals surface area (Å²) in [6.07, 6.45) is -9.98. The van der Waals surface area contributed by atoms with Crippen molar-refractivity contribution in [3.8, 4) is 0 Å². The van der Waals surface area contributed by atoms with Gasteiger partial charge < -0.3 is 10.6 Å². The van der Waals surface area contributed by atoms with Gasteiger partial charge in [-0.15, -0.1) is 0 Å². The van der Waals surface area contributed by atoms with E-state index in [9.17, 15) is 31.1 Å². The van der Waals surface area contributed by atoms with Gasteiger partial charge in [0.05, 0.1) is 11.1 Å². The van der Waals surface area contributed by atoms with E-state index in [0.29, 0.717) is 22.7 Å². The maximum absolute atomic E-state index is 12.8. The minimum Gasteiger partial charge on any atom is -0.334 e. The fraction of sp³-hybridized carbons (Fsp3) is 0.188. The number of halogens is 7. The Morgan fingerprint density at radius 3 is 1.85 bits per heavy atom. The quantitative estimate of drug-likeness (QED) is 0.642. The van der Waals surface area contributed by atoms with Crippen LogP contribution in [0.2, 0.25) is 5.02 Å². The van der Waals surface area contributed by atoms with Crippen molar-refractivity contribution in [3.63, 3.8) is 0 Å². The molecule has 0 atom stereocenters. The molecule has 0 fully saturated rings. The van der Waals surface area contributed by atoms with Gasteiger partial charge in [-0.2, -0.15) is 26.3 Å². The van der Waals surface area contributed by atoms with Crippen LogP contribution in [-0.4, -0.2) is 6.03 Å². The Balaban J connectivity index is 2.14. The van der Waals surface area contributed by atoms with Crippen LogP contribution in [0.15, 0.2) is 42.5 Å². The third kappa shape index (κ3) is 5.55. The van der Waals surface area contributed by atoms with E-state index in [0.717, 1.165) is 0 Å². The molecule has 0 aliphatic carbocycles. The van der Waals surface area contributed by atoms with E-state index < -0.39 is 35.2 Å². The number of anilines is 1. The molecule has 2 aromatic rings. The summed E-state index contributed by atoms with van der Waals surface area (Å²) >= 11 is 5.70. The Hall–Kier alpha value is -2.42. The van der Waals surface area contributed by atoms with Crippen molar-refractivity contribution < 1.29 is 31.1 Å². The monoisotopic (exact) mass is 396 g/mol. The standard InChI is InChI=1S/C16H11ClF6N2O/c17-12-3-1-9(2-4-12)8-24-14(26)25-13-6-10(15(18,19)20)5-11(7-13)16(21,22)23/h1-7H,8H2,(H2,24,25,26). The SMILES string of the molecule is O=C(NCc1ccc(Cl)cc1)Nc1cc(C(F)(F)F)cc(C(F)(F)F)c1. The van der Waals surface area contributed by atoms with E-state index in [4.69, 9.17) is 11.6 Å². The van der Waals surface area contributed by atoms with Gasteiger partial charge in [0, 0.05) is 17.3 Å². The highest BCUT2D eigenvalue weighted by Gasteiger charge is 2.37. The van der Waals surface area contributed by atoms with Crippen molar-refractivity contribution >= 4 is 23.3 Å². The number of carbonyl (C=O) groups is 1. The number of benzene rings is 2. The molecule has 2 aromatic carbocycles. The molecule has 0 aromatic heterocycles. The van der Waals surface area contributed by atoms with Gasteiger partial charge in [0.25, 0.3) is 0 Å². The number of hydrogen-bond donors (Lipinski definition) is 2. The van der Waals surface area contributed by atoms with Gasteiger partial charge >= 0.3 is 18.4 Å². The molecule has 2 amide bonds. The molecule has 0 bridgehead atoms. The summed E-state index contributed by atoms with van der Waals surface area (Å²) in [7, 11) is 0. The van der Waals surface area contributed by atoms with Gasteiger partial charge in [0.15, 0.2) is 0 Å². The summed E-state index contributed by atoms with van der Waals surface area (Å²) in [5.41, 5.74) is -3.01. The molecule has 2 N–H and O–H groups in total. The van der Waals surface area contributed by atoms with Crippen LogP contribution in [0.1, 0.15) is 16.7 Å². The average Bonchev–Trinajstić information content (AvgIpc) is 2.52. The van der Waals surface area contributed by atoms with Crippen molar-refractivity contribution in [3.05, 3.63) is 64.2 Å². The van der Waals surface area contributed by atoms with E-state index in [-0.39, 0.29) is 12.6 Å². The van der Waals surface area contributed by atoms with Crippen molar-refractivity contribution in [1.82, 2.24) is 5.32 Å². The summed E-state index contributed by atoms with van der Waals surface area (Å²) in [6.45, 7) is 0.00803. The zero-order valence-corrected chi connectivity index (χ0v) is 13.6. The van der Waals surface area contributed by atoms with Crippen LogP contribution < -0.4 is 10.6 Å². The molecule has 0 unspecified atom stereocenters. The van der Waals surface area contributed by atoms with E-state index in [1.807, 2.05) is 5.32 Å². The van der Waals surface area contributed by atoms with Crippen LogP contribution in [0.25, 0.3) is 0 Å². The number of amides is 2. The molecule has 0 heterocycles. The largest absolute Gasteiger partial charge is 0.416 e. The van der Waals surface area contributed by atoms with Crippen LogP contribution in [0.5, 0.6) is 0 Å². The molecule has 2 rings (SSSR count). The Morgan fingerprint density at radius 2 is 1.38 bits per heavy atom. The number of rotatable bonds is 3. The number of carbonyl (C=O) groups excluding carboxylic acids is 1. The Kier molecular flexibility index (Phi) is 5.70. The van der Waals surface area contributed by atoms with Gasteiger partial charge in [0.2, 0.25) is 0 Å². The molecule has 0 spiro atoms. The number of nitrogens with one attached hydrogen (secondary N) is 2. The number of hydrogen-bond acceptors (Lipinski definition) is 1. The minimum absolute atomic E-state index is 0.00803. The molecular weight excluding hydrogens is 386 g/mol. The molecule has 0 saturated heterocycles. The van der Waals surface area contributed by atoms with Crippen molar-refractivity contribution in [2.45, 2.75) is 18.9 Å². The maximum Gasteiger partial charge on any atom is 0.416 e. The lowest BCUT2D eigenvalue weighted by Gasteiger charge is -2.15. The normalized spacial score (nSPS) is 12.0. The van der Waals surface area contributed by atoms with Crippen molar-refractivity contribution in [1.29, 1.82) is 0 Å². The van der Waals surface area contributed by atoms with Crippen LogP contribution >= 0.6 is 11.6 Å². The molecule has 3 nitrogen and oxygen atoms in total. The molecule has 0 aliphatic rings. The maximum atomic E-state index is 12.8. The zero-order chi connectivity index (χ0) is 19.5. The van der Waals surface area contributed by atoms with Crippen LogP contribution in [-0.2, 0) is 18.9 Å². The fourth-order valence-electron chi connectivity index (χ4n) is 1.99. The Labute approximate surface area is 149 Å². The Morgan fingerprint density at radius 1 is 0.885 bits per heavy atom. The third-order valence-corrected chi connectivity index (χ3v) is 3.46. The molecule has 10 heteroatoms. The van der Waals surface area contributed by atoms with Gasteiger partial charge in [0.1, 0.15) is 0 Å². The summed E-state index contributed by atoms with van der Waals surface area (Å²) in [6, 6.07) is 6.24. The first-order valence-electron chi connectivity index (χ1n) is 7.04. The fourth-order valence-corrected chi connectivity index (χ4v) is 2.11. The second-order valence-corrected chi connectivity index (χ2v) is 5.67. The van der Waals surface area contributed by atoms with E-state index >= 15 is 0 Å². The lowest BCUT2D eigenvalue weighted by molar-refractivity contribution is -0.143. The summed E-state index contributed by atoms with van der Waals surface area (Å²) in [4.78, 5) is 11.8. The highest BCUT2D eigenvalue weighted by molar-refractivity contribution is 6.30. The first-order chi connectivity index (χ1) is 11.9. The second kappa shape index (κ2) is 7.45. The van der Waals surface area contributed by atoms with Gasteiger partial charge in [-0.1, -0.05) is 23.7 Å². The summed E-state index contributed by atoms with van der Waals surface area (Å²) in [5, 5.41) is 4.77. The molecule has 140 valence electrons. The molecular formula is C16H11ClF6N2O. The topological polar surface area (TPSA) is 41.1 Å². The number of alkyl halides is 6. The second-order valence-electron chi connectivity index (χ2n) is 5.23. The predicted octanol–water partition coefficient (Wildman–Crippen LogP) is 5.70. The van der Waals surface area contributed by atoms with Crippen LogP contribution in [0.4, 0.5) is 36.8 Å². The first kappa shape index (κ1) is 19.9. The van der Waals surface area contributed by atoms with Gasteiger partial charge in [-0.05, 0) is 35.9 Å². The van der Waals surface area contributed by atoms with Gasteiger partial charge in [-0.3, -0.25) is 0 Å². The third-order valence-electron chi connectivity index (χ3n) is 3.21. The van der Waals surface area contributed by atoms with Gasteiger partial charge in [-0.25, -0.2) is 4.79 Å². The zero-order valence-electron chi connectivity index (χ0n) is 12.8. The summed E-state index contributed by atoms with van der Waals surface area (Å²) < 4.78 is 76.6. The smallest absolute Gasteiger partial charge is 0.334 e. The highest BCUT2D eigenvalue weighted by atomic mass is 35.5. The van der Waals surface area contributed by atoms with Crippen molar-refractivity contribution in [2.24, 2.45) is 0 Å². The number of urea groups is 1. The molecule has 0 radical (unpaired) electrons. The van der Waals surface area contributed by atoms with E-state index in [1.54, 1.807) is 24.3 Å². The average molecular weight is 397 g/mol. The summed E-state index contributed by atoms with van der Waals surface area (Å²) in [5.74, 6) is 0. The molecule has 0 saturated carbocycles. The highest BCUT2D eigenvalue weighted by Crippen LogP contribution is 2.37. The lowest BCUT2D eigenvalue weighted by Crippen LogP contribution is -2.28. The predicted molar refractivity (Wildman–Crippen MR) is 83.8 cm³/mol. The minimum atomic E-state index is -4.99. The van der Waals surface area contributed by atoms with Crippen LogP contribution in [0, 0.1) is 0 Å². The first-order valence-corrected chi connectivity index (χ1v) is 7.42. The molecule has 0 aliphatic heterocycles. The van der Waals surface area contributed by atoms with Crippen molar-refractivity contribution in [2.75, 3.05) is 5.32 Å². The van der Waals surface area contributed by atoms with E-state index in [2.05, 4.69) is 5.32 Å². The Bertz CT molecular complexity index is 755.